The maximum Gasteiger partial charge on any atom is 0.246 e. The van der Waals surface area contributed by atoms with Crippen molar-refractivity contribution in [1.29, 1.82) is 5.26 Å². The van der Waals surface area contributed by atoms with Crippen LogP contribution < -0.4 is 15.8 Å². The zero-order valence-corrected chi connectivity index (χ0v) is 16.5. The Morgan fingerprint density at radius 2 is 1.89 bits per heavy atom. The normalized spacial score (nSPS) is 16.4. The highest BCUT2D eigenvalue weighted by molar-refractivity contribution is 6.88. The summed E-state index contributed by atoms with van der Waals surface area (Å²) in [6.07, 6.45) is 0.711. The summed E-state index contributed by atoms with van der Waals surface area (Å²) in [4.78, 5) is 12.7. The van der Waals surface area contributed by atoms with Crippen molar-refractivity contribution >= 4 is 24.9 Å². The predicted molar refractivity (Wildman–Crippen MR) is 104 cm³/mol. The summed E-state index contributed by atoms with van der Waals surface area (Å²) in [5, 5.41) is 14.9. The molecule has 27 heavy (non-hydrogen) atoms. The van der Waals surface area contributed by atoms with Crippen molar-refractivity contribution in [3.8, 4) is 6.07 Å². The van der Waals surface area contributed by atoms with Gasteiger partial charge in [0.2, 0.25) is 5.91 Å². The van der Waals surface area contributed by atoms with Gasteiger partial charge in [-0.25, -0.2) is 8.78 Å². The van der Waals surface area contributed by atoms with E-state index in [-0.39, 0.29) is 16.8 Å². The van der Waals surface area contributed by atoms with E-state index in [1.54, 1.807) is 18.2 Å². The molecule has 2 aromatic rings. The number of rotatable bonds is 3. The molecule has 0 spiro atoms. The Kier molecular flexibility index (Phi) is 5.13. The number of nitriles is 1. The summed E-state index contributed by atoms with van der Waals surface area (Å²) in [6.45, 7) is 6.18. The fourth-order valence-electron chi connectivity index (χ4n) is 3.44. The van der Waals surface area contributed by atoms with E-state index in [9.17, 15) is 13.6 Å². The number of carbonyl (C=O) groups excluding carboxylic acids is 1. The van der Waals surface area contributed by atoms with Gasteiger partial charge in [-0.05, 0) is 41.8 Å². The predicted octanol–water partition coefficient (Wildman–Crippen LogP) is 3.21. The molecule has 0 bridgehead atoms. The number of halogens is 2. The second kappa shape index (κ2) is 7.22. The minimum absolute atomic E-state index is 0.0968. The maximum absolute atomic E-state index is 14.4. The molecule has 0 fully saturated rings. The molecule has 4 nitrogen and oxygen atoms in total. The molecule has 0 radical (unpaired) electrons. The molecule has 1 aliphatic heterocycles. The molecule has 0 unspecified atom stereocenters. The van der Waals surface area contributed by atoms with Gasteiger partial charge >= 0.3 is 0 Å². The number of nitrogens with zero attached hydrogens (tertiary/aromatic N) is 1. The van der Waals surface area contributed by atoms with Gasteiger partial charge in [-0.2, -0.15) is 5.26 Å². The van der Waals surface area contributed by atoms with Crippen LogP contribution in [0.25, 0.3) is 0 Å². The van der Waals surface area contributed by atoms with Gasteiger partial charge in [-0.3, -0.25) is 4.79 Å². The molecule has 2 aromatic carbocycles. The van der Waals surface area contributed by atoms with Gasteiger partial charge in [0.15, 0.2) is 0 Å². The Morgan fingerprint density at radius 1 is 1.22 bits per heavy atom. The molecule has 0 saturated carbocycles. The van der Waals surface area contributed by atoms with Gasteiger partial charge in [0.1, 0.15) is 17.7 Å². The Hall–Kier alpha value is -2.56. The number of carbonyl (C=O) groups is 1. The molecular weight excluding hydrogens is 364 g/mol. The van der Waals surface area contributed by atoms with Crippen molar-refractivity contribution in [3.05, 3.63) is 58.7 Å². The third-order valence-corrected chi connectivity index (χ3v) is 6.63. The molecular formula is C20H21F2N3OSi. The average Bonchev–Trinajstić information content (AvgIpc) is 2.58. The van der Waals surface area contributed by atoms with Crippen molar-refractivity contribution < 1.29 is 13.6 Å². The molecule has 0 saturated heterocycles. The SMILES string of the molecule is C[Si](C)(C)c1c(F)cc(NC(=O)[C@@H]2NCCc3cc(C#N)ccc32)cc1F. The minimum Gasteiger partial charge on any atom is -0.324 e. The number of benzene rings is 2. The molecule has 3 rings (SSSR count). The average molecular weight is 385 g/mol. The van der Waals surface area contributed by atoms with Gasteiger partial charge in [0.25, 0.3) is 0 Å². The largest absolute Gasteiger partial charge is 0.324 e. The highest BCUT2D eigenvalue weighted by Crippen LogP contribution is 2.26. The zero-order valence-electron chi connectivity index (χ0n) is 15.5. The summed E-state index contributed by atoms with van der Waals surface area (Å²) in [5.74, 6) is -1.64. The summed E-state index contributed by atoms with van der Waals surface area (Å²) in [7, 11) is -2.18. The van der Waals surface area contributed by atoms with Crippen LogP contribution in [0, 0.1) is 23.0 Å². The third-order valence-electron chi connectivity index (χ3n) is 4.65. The van der Waals surface area contributed by atoms with Gasteiger partial charge < -0.3 is 10.6 Å². The number of hydrogen-bond acceptors (Lipinski definition) is 3. The second-order valence-electron chi connectivity index (χ2n) is 7.72. The summed E-state index contributed by atoms with van der Waals surface area (Å²) in [5.41, 5.74) is 2.34. The summed E-state index contributed by atoms with van der Waals surface area (Å²) in [6, 6.07) is 9.00. The van der Waals surface area contributed by atoms with Crippen LogP contribution in [-0.4, -0.2) is 20.5 Å². The Balaban J connectivity index is 1.86. The van der Waals surface area contributed by atoms with Crippen LogP contribution in [0.5, 0.6) is 0 Å². The van der Waals surface area contributed by atoms with Crippen LogP contribution in [0.2, 0.25) is 19.6 Å². The summed E-state index contributed by atoms with van der Waals surface area (Å²) < 4.78 is 28.8. The third kappa shape index (κ3) is 3.92. The van der Waals surface area contributed by atoms with Crippen molar-refractivity contribution in [2.45, 2.75) is 32.1 Å². The van der Waals surface area contributed by atoms with Gasteiger partial charge in [0.05, 0.1) is 19.7 Å². The first-order valence-corrected chi connectivity index (χ1v) is 12.3. The first-order chi connectivity index (χ1) is 12.7. The van der Waals surface area contributed by atoms with E-state index < -0.39 is 25.8 Å². The Morgan fingerprint density at radius 3 is 2.48 bits per heavy atom. The molecule has 1 aliphatic rings. The van der Waals surface area contributed by atoms with E-state index in [4.69, 9.17) is 5.26 Å². The van der Waals surface area contributed by atoms with Crippen molar-refractivity contribution in [1.82, 2.24) is 5.32 Å². The van der Waals surface area contributed by atoms with Gasteiger partial charge in [-0.15, -0.1) is 0 Å². The smallest absolute Gasteiger partial charge is 0.246 e. The van der Waals surface area contributed by atoms with E-state index in [1.165, 1.54) is 12.1 Å². The van der Waals surface area contributed by atoms with E-state index in [0.717, 1.165) is 11.1 Å². The molecule has 0 aromatic heterocycles. The molecule has 7 heteroatoms. The molecule has 1 heterocycles. The van der Waals surface area contributed by atoms with Crippen LogP contribution in [0.3, 0.4) is 0 Å². The lowest BCUT2D eigenvalue weighted by Gasteiger charge is -2.26. The van der Waals surface area contributed by atoms with Gasteiger partial charge in [0, 0.05) is 17.4 Å². The van der Waals surface area contributed by atoms with Crippen molar-refractivity contribution in [2.75, 3.05) is 11.9 Å². The maximum atomic E-state index is 14.4. The lowest BCUT2D eigenvalue weighted by Crippen LogP contribution is -2.42. The number of nitrogens with one attached hydrogen (secondary N) is 2. The first kappa shape index (κ1) is 19.2. The fourth-order valence-corrected chi connectivity index (χ4v) is 5.02. The van der Waals surface area contributed by atoms with E-state index in [1.807, 2.05) is 19.6 Å². The van der Waals surface area contributed by atoms with Crippen LogP contribution in [0.1, 0.15) is 22.7 Å². The summed E-state index contributed by atoms with van der Waals surface area (Å²) >= 11 is 0. The lowest BCUT2D eigenvalue weighted by molar-refractivity contribution is -0.118. The highest BCUT2D eigenvalue weighted by Gasteiger charge is 2.28. The quantitative estimate of drug-likeness (QED) is 0.798. The van der Waals surface area contributed by atoms with E-state index in [0.29, 0.717) is 18.5 Å². The Labute approximate surface area is 158 Å². The number of hydrogen-bond donors (Lipinski definition) is 2. The standard InChI is InChI=1S/C20H21F2N3OSi/c1-27(2,3)19-16(21)9-14(10-17(19)22)25-20(26)18-15-5-4-12(11-23)8-13(15)6-7-24-18/h4-5,8-10,18,24H,6-7H2,1-3H3,(H,25,26)/t18-/m1/s1. The van der Waals surface area contributed by atoms with E-state index >= 15 is 0 Å². The first-order valence-electron chi connectivity index (χ1n) is 8.77. The van der Waals surface area contributed by atoms with Gasteiger partial charge in [-0.1, -0.05) is 25.7 Å². The highest BCUT2D eigenvalue weighted by atomic mass is 28.3. The molecule has 140 valence electrons. The molecule has 1 atom stereocenters. The fraction of sp³-hybridized carbons (Fsp3) is 0.300. The molecule has 0 aliphatic carbocycles. The number of amides is 1. The van der Waals surface area contributed by atoms with Crippen LogP contribution >= 0.6 is 0 Å². The van der Waals surface area contributed by atoms with Crippen molar-refractivity contribution in [3.63, 3.8) is 0 Å². The molecule has 1 amide bonds. The Bertz CT molecular complexity index is 924. The number of fused-ring (bicyclic) bond motifs is 1. The van der Waals surface area contributed by atoms with Crippen LogP contribution in [-0.2, 0) is 11.2 Å². The second-order valence-corrected chi connectivity index (χ2v) is 12.7. The van der Waals surface area contributed by atoms with Crippen LogP contribution in [0.15, 0.2) is 30.3 Å². The zero-order chi connectivity index (χ0) is 19.8. The monoisotopic (exact) mass is 385 g/mol. The molecule has 2 N–H and O–H groups in total. The lowest BCUT2D eigenvalue weighted by atomic mass is 9.92. The topological polar surface area (TPSA) is 64.9 Å². The minimum atomic E-state index is -2.18. The number of anilines is 1. The van der Waals surface area contributed by atoms with Crippen molar-refractivity contribution in [2.24, 2.45) is 0 Å². The van der Waals surface area contributed by atoms with Crippen LogP contribution in [0.4, 0.5) is 14.5 Å². The van der Waals surface area contributed by atoms with E-state index in [2.05, 4.69) is 16.7 Å².